The van der Waals surface area contributed by atoms with Gasteiger partial charge in [-0.3, -0.25) is 0 Å². The van der Waals surface area contributed by atoms with Crippen LogP contribution < -0.4 is 4.74 Å². The average Bonchev–Trinajstić information content (AvgIpc) is 2.03. The fourth-order valence-electron chi connectivity index (χ4n) is 0.807. The van der Waals surface area contributed by atoms with Gasteiger partial charge < -0.3 is 4.74 Å². The Morgan fingerprint density at radius 3 is 2.67 bits per heavy atom. The molecule has 0 aromatic carbocycles. The van der Waals surface area contributed by atoms with Crippen molar-refractivity contribution in [1.82, 2.24) is 4.98 Å². The molecule has 2 nitrogen and oxygen atoms in total. The average molecular weight is 194 g/mol. The molecule has 12 heavy (non-hydrogen) atoms. The molecule has 0 saturated heterocycles. The molecule has 66 valence electrons. The summed E-state index contributed by atoms with van der Waals surface area (Å²) in [6.07, 6.45) is -1.35. The van der Waals surface area contributed by atoms with E-state index in [1.165, 1.54) is 19.4 Å². The smallest absolute Gasteiger partial charge is 0.270 e. The van der Waals surface area contributed by atoms with E-state index < -0.39 is 6.43 Å². The lowest BCUT2D eigenvalue weighted by atomic mass is 10.3. The Morgan fingerprint density at radius 2 is 2.25 bits per heavy atom. The van der Waals surface area contributed by atoms with Crippen LogP contribution in [-0.2, 0) is 0 Å². The van der Waals surface area contributed by atoms with Crippen LogP contribution in [0, 0.1) is 0 Å². The van der Waals surface area contributed by atoms with Gasteiger partial charge in [-0.15, -0.1) is 0 Å². The van der Waals surface area contributed by atoms with Gasteiger partial charge in [-0.05, 0) is 6.07 Å². The van der Waals surface area contributed by atoms with Gasteiger partial charge in [-0.2, -0.15) is 0 Å². The Kier molecular flexibility index (Phi) is 2.81. The molecule has 1 rings (SSSR count). The van der Waals surface area contributed by atoms with Crippen molar-refractivity contribution in [2.75, 3.05) is 7.11 Å². The van der Waals surface area contributed by atoms with Crippen LogP contribution in [0.5, 0.6) is 5.75 Å². The third kappa shape index (κ3) is 1.64. The lowest BCUT2D eigenvalue weighted by Crippen LogP contribution is -1.94. The molecule has 1 heterocycles. The summed E-state index contributed by atoms with van der Waals surface area (Å²) in [6, 6.07) is 1.34. The molecule has 0 radical (unpaired) electrons. The largest absolute Gasteiger partial charge is 0.496 e. The number of hydrogen-bond acceptors (Lipinski definition) is 2. The number of nitrogens with zero attached hydrogens (tertiary/aromatic N) is 1. The maximum atomic E-state index is 12.3. The zero-order valence-corrected chi connectivity index (χ0v) is 6.98. The van der Waals surface area contributed by atoms with Gasteiger partial charge in [0.1, 0.15) is 10.9 Å². The van der Waals surface area contributed by atoms with Gasteiger partial charge in [0, 0.05) is 6.20 Å². The highest BCUT2D eigenvalue weighted by Crippen LogP contribution is 2.33. The summed E-state index contributed by atoms with van der Waals surface area (Å²) in [5.74, 6) is 0.0602. The van der Waals surface area contributed by atoms with Gasteiger partial charge in [-0.1, -0.05) is 11.6 Å². The van der Waals surface area contributed by atoms with Crippen molar-refractivity contribution in [3.63, 3.8) is 0 Å². The molecule has 0 fully saturated rings. The number of ether oxygens (including phenoxy) is 1. The van der Waals surface area contributed by atoms with Crippen LogP contribution in [0.1, 0.15) is 12.0 Å². The van der Waals surface area contributed by atoms with E-state index in [-0.39, 0.29) is 16.5 Å². The van der Waals surface area contributed by atoms with E-state index in [9.17, 15) is 8.78 Å². The topological polar surface area (TPSA) is 22.1 Å². The van der Waals surface area contributed by atoms with E-state index >= 15 is 0 Å². The number of hydrogen-bond donors (Lipinski definition) is 0. The van der Waals surface area contributed by atoms with E-state index in [0.29, 0.717) is 0 Å². The minimum Gasteiger partial charge on any atom is -0.496 e. The van der Waals surface area contributed by atoms with Crippen LogP contribution in [-0.4, -0.2) is 12.1 Å². The number of halogens is 3. The maximum Gasteiger partial charge on any atom is 0.270 e. The molecular formula is C7H6ClF2NO. The van der Waals surface area contributed by atoms with Gasteiger partial charge in [0.05, 0.1) is 12.7 Å². The van der Waals surface area contributed by atoms with Crippen molar-refractivity contribution in [3.05, 3.63) is 23.0 Å². The van der Waals surface area contributed by atoms with Gasteiger partial charge >= 0.3 is 0 Å². The Balaban J connectivity index is 3.20. The first-order chi connectivity index (χ1) is 5.66. The summed E-state index contributed by atoms with van der Waals surface area (Å²) in [4.78, 5) is 3.51. The molecule has 0 unspecified atom stereocenters. The fraction of sp³-hybridized carbons (Fsp3) is 0.286. The third-order valence-corrected chi connectivity index (χ3v) is 1.64. The van der Waals surface area contributed by atoms with E-state index in [0.717, 1.165) is 0 Å². The summed E-state index contributed by atoms with van der Waals surface area (Å²) < 4.78 is 29.2. The van der Waals surface area contributed by atoms with Gasteiger partial charge in [-0.25, -0.2) is 13.8 Å². The van der Waals surface area contributed by atoms with E-state index in [1.807, 2.05) is 0 Å². The summed E-state index contributed by atoms with van der Waals surface area (Å²) in [6.45, 7) is 0. The standard InChI is InChI=1S/C7H6ClF2NO/c1-12-4-2-3-11-6(8)5(4)7(9)10/h2-3,7H,1H3. The molecule has 1 aromatic heterocycles. The van der Waals surface area contributed by atoms with E-state index in [1.54, 1.807) is 0 Å². The van der Waals surface area contributed by atoms with Crippen LogP contribution >= 0.6 is 11.6 Å². The predicted molar refractivity (Wildman–Crippen MR) is 40.8 cm³/mol. The molecule has 0 aliphatic carbocycles. The molecule has 0 N–H and O–H groups in total. The summed E-state index contributed by atoms with van der Waals surface area (Å²) in [7, 11) is 1.30. The highest BCUT2D eigenvalue weighted by molar-refractivity contribution is 6.30. The molecule has 0 atom stereocenters. The Hall–Kier alpha value is -0.900. The summed E-state index contributed by atoms with van der Waals surface area (Å²) in [5.41, 5.74) is -0.360. The minimum atomic E-state index is -2.67. The molecule has 0 bridgehead atoms. The number of rotatable bonds is 2. The number of pyridine rings is 1. The summed E-state index contributed by atoms with van der Waals surface area (Å²) >= 11 is 5.43. The van der Waals surface area contributed by atoms with Gasteiger partial charge in [0.2, 0.25) is 0 Å². The molecule has 5 heteroatoms. The molecule has 0 aliphatic heterocycles. The Labute approximate surface area is 73.1 Å². The SMILES string of the molecule is COc1ccnc(Cl)c1C(F)F. The predicted octanol–water partition coefficient (Wildman–Crippen LogP) is 2.68. The lowest BCUT2D eigenvalue weighted by Gasteiger charge is -2.07. The quantitative estimate of drug-likeness (QED) is 0.674. The van der Waals surface area contributed by atoms with Gasteiger partial charge in [0.25, 0.3) is 6.43 Å². The normalized spacial score (nSPS) is 10.4. The van der Waals surface area contributed by atoms with Crippen molar-refractivity contribution in [1.29, 1.82) is 0 Å². The van der Waals surface area contributed by atoms with Crippen molar-refractivity contribution in [3.8, 4) is 5.75 Å². The molecule has 1 aromatic rings. The Morgan fingerprint density at radius 1 is 1.58 bits per heavy atom. The van der Waals surface area contributed by atoms with Crippen LogP contribution in [0.15, 0.2) is 12.3 Å². The van der Waals surface area contributed by atoms with E-state index in [4.69, 9.17) is 11.6 Å². The Bertz CT molecular complexity index is 280. The second kappa shape index (κ2) is 3.67. The van der Waals surface area contributed by atoms with Gasteiger partial charge in [0.15, 0.2) is 0 Å². The first kappa shape index (κ1) is 9.19. The van der Waals surface area contributed by atoms with Crippen LogP contribution in [0.4, 0.5) is 8.78 Å². The second-order valence-corrected chi connectivity index (χ2v) is 2.38. The zero-order chi connectivity index (χ0) is 9.14. The maximum absolute atomic E-state index is 12.3. The molecule has 0 spiro atoms. The molecule has 0 saturated carbocycles. The summed E-state index contributed by atoms with van der Waals surface area (Å²) in [5, 5.41) is -0.218. The van der Waals surface area contributed by atoms with Crippen LogP contribution in [0.2, 0.25) is 5.15 Å². The highest BCUT2D eigenvalue weighted by atomic mass is 35.5. The first-order valence-electron chi connectivity index (χ1n) is 3.13. The van der Waals surface area contributed by atoms with Crippen molar-refractivity contribution in [2.24, 2.45) is 0 Å². The molecular weight excluding hydrogens is 188 g/mol. The van der Waals surface area contributed by atoms with Crippen LogP contribution in [0.25, 0.3) is 0 Å². The minimum absolute atomic E-state index is 0.0602. The van der Waals surface area contributed by atoms with Crippen molar-refractivity contribution >= 4 is 11.6 Å². The monoisotopic (exact) mass is 193 g/mol. The zero-order valence-electron chi connectivity index (χ0n) is 6.22. The highest BCUT2D eigenvalue weighted by Gasteiger charge is 2.18. The number of aromatic nitrogens is 1. The molecule has 0 amide bonds. The number of methoxy groups -OCH3 is 1. The van der Waals surface area contributed by atoms with Crippen molar-refractivity contribution in [2.45, 2.75) is 6.43 Å². The van der Waals surface area contributed by atoms with Crippen LogP contribution in [0.3, 0.4) is 0 Å². The lowest BCUT2D eigenvalue weighted by molar-refractivity contribution is 0.146. The van der Waals surface area contributed by atoms with E-state index in [2.05, 4.69) is 9.72 Å². The third-order valence-electron chi connectivity index (χ3n) is 1.34. The fourth-order valence-corrected chi connectivity index (χ4v) is 1.04. The second-order valence-electron chi connectivity index (χ2n) is 2.02. The number of alkyl halides is 2. The molecule has 0 aliphatic rings. The van der Waals surface area contributed by atoms with Crippen molar-refractivity contribution < 1.29 is 13.5 Å². The first-order valence-corrected chi connectivity index (χ1v) is 3.51.